The molecule has 6 atom stereocenters. The van der Waals surface area contributed by atoms with Crippen LogP contribution in [0.15, 0.2) is 60.2 Å². The smallest absolute Gasteiger partial charge is 0.271 e. The summed E-state index contributed by atoms with van der Waals surface area (Å²) in [5, 5.41) is 20.8. The minimum atomic E-state index is -1.97. The van der Waals surface area contributed by atoms with E-state index in [0.717, 1.165) is 9.80 Å². The predicted molar refractivity (Wildman–Crippen MR) is 150 cm³/mol. The number of carbonyl (C=O) groups is 4. The van der Waals surface area contributed by atoms with E-state index < -0.39 is 62.0 Å². The lowest BCUT2D eigenvalue weighted by atomic mass is 9.56. The number of rotatable bonds is 6. The van der Waals surface area contributed by atoms with Gasteiger partial charge in [0.15, 0.2) is 9.75 Å². The Kier molecular flexibility index (Phi) is 6.67. The molecule has 0 unspecified atom stereocenters. The van der Waals surface area contributed by atoms with Crippen molar-refractivity contribution < 1.29 is 33.9 Å². The van der Waals surface area contributed by atoms with Gasteiger partial charge in [-0.2, -0.15) is 0 Å². The Labute approximate surface area is 249 Å². The second-order valence-corrected chi connectivity index (χ2v) is 12.1. The summed E-state index contributed by atoms with van der Waals surface area (Å²) >= 11 is 14.4. The van der Waals surface area contributed by atoms with Gasteiger partial charge in [0.25, 0.3) is 17.5 Å². The van der Waals surface area contributed by atoms with Crippen LogP contribution in [0.1, 0.15) is 24.3 Å². The number of anilines is 1. The van der Waals surface area contributed by atoms with Gasteiger partial charge >= 0.3 is 0 Å². The van der Waals surface area contributed by atoms with E-state index in [2.05, 4.69) is 0 Å². The lowest BCUT2D eigenvalue weighted by Crippen LogP contribution is -2.60. The standard InChI is InChI=1S/C29H25Cl2N3O8/c1-32-26(38)28(30)14-20-17(23(29(28,31)27(32)39)18-7-2-3-8-21(18)42-12-11-35)9-10-19-22(20)25(37)33(24(19)36)15-5-4-6-16(13-15)34(40)41/h2-9,13,19-20,22-23,35H,10-12,14H2,1H3/t19-,20+,22-,23+,28+,29-/m0/s1. The summed E-state index contributed by atoms with van der Waals surface area (Å²) in [5.74, 6) is -5.69. The van der Waals surface area contributed by atoms with Crippen molar-refractivity contribution in [3.05, 3.63) is 75.9 Å². The molecule has 0 bridgehead atoms. The number of para-hydroxylation sites is 1. The molecule has 2 heterocycles. The highest BCUT2D eigenvalue weighted by Crippen LogP contribution is 2.66. The first-order valence-electron chi connectivity index (χ1n) is 13.3. The number of nitro groups is 1. The number of ether oxygens (including phenoxy) is 1. The number of fused-ring (bicyclic) bond motifs is 4. The molecule has 1 saturated carbocycles. The van der Waals surface area contributed by atoms with E-state index in [1.54, 1.807) is 30.3 Å². The Morgan fingerprint density at radius 2 is 1.79 bits per heavy atom. The number of non-ortho nitro benzene ring substituents is 1. The number of allylic oxidation sites excluding steroid dienone is 2. The molecule has 2 aromatic rings. The highest BCUT2D eigenvalue weighted by atomic mass is 35.5. The summed E-state index contributed by atoms with van der Waals surface area (Å²) in [5.41, 5.74) is 0.832. The predicted octanol–water partition coefficient (Wildman–Crippen LogP) is 3.16. The number of likely N-dealkylation sites (tertiary alicyclic amines) is 1. The molecule has 2 aliphatic heterocycles. The van der Waals surface area contributed by atoms with Crippen LogP contribution in [0.4, 0.5) is 11.4 Å². The Morgan fingerprint density at radius 3 is 2.50 bits per heavy atom. The van der Waals surface area contributed by atoms with Crippen LogP contribution < -0.4 is 9.64 Å². The Hall–Kier alpha value is -3.80. The zero-order valence-corrected chi connectivity index (χ0v) is 23.7. The molecule has 0 aromatic heterocycles. The largest absolute Gasteiger partial charge is 0.491 e. The third kappa shape index (κ3) is 3.69. The number of nitro benzene ring substituents is 1. The van der Waals surface area contributed by atoms with Gasteiger partial charge in [-0.15, -0.1) is 23.2 Å². The van der Waals surface area contributed by atoms with Gasteiger partial charge in [-0.1, -0.05) is 35.9 Å². The molecule has 2 aliphatic carbocycles. The molecule has 11 nitrogen and oxygen atoms in total. The van der Waals surface area contributed by atoms with Crippen molar-refractivity contribution >= 4 is 58.2 Å². The molecule has 2 saturated heterocycles. The quantitative estimate of drug-likeness (QED) is 0.172. The minimum absolute atomic E-state index is 0.0455. The van der Waals surface area contributed by atoms with Crippen molar-refractivity contribution in [1.29, 1.82) is 0 Å². The number of imide groups is 2. The molecule has 218 valence electrons. The molecule has 2 aromatic carbocycles. The number of hydrogen-bond donors (Lipinski definition) is 1. The highest BCUT2D eigenvalue weighted by Gasteiger charge is 2.76. The third-order valence-corrected chi connectivity index (χ3v) is 10.3. The third-order valence-electron chi connectivity index (χ3n) is 8.89. The monoisotopic (exact) mass is 613 g/mol. The Bertz CT molecular complexity index is 1600. The van der Waals surface area contributed by atoms with Crippen LogP contribution in [0.25, 0.3) is 0 Å². The fourth-order valence-corrected chi connectivity index (χ4v) is 8.11. The summed E-state index contributed by atoms with van der Waals surface area (Å²) in [6.07, 6.45) is 1.75. The number of hydrogen-bond acceptors (Lipinski definition) is 8. The van der Waals surface area contributed by atoms with E-state index in [-0.39, 0.29) is 37.4 Å². The van der Waals surface area contributed by atoms with Crippen LogP contribution in [0.5, 0.6) is 5.75 Å². The van der Waals surface area contributed by atoms with Gasteiger partial charge in [-0.05, 0) is 30.9 Å². The number of alkyl halides is 2. The van der Waals surface area contributed by atoms with Crippen molar-refractivity contribution in [2.45, 2.75) is 28.5 Å². The molecule has 0 radical (unpaired) electrons. The van der Waals surface area contributed by atoms with E-state index in [9.17, 15) is 34.4 Å². The maximum atomic E-state index is 14.0. The number of carbonyl (C=O) groups excluding carboxylic acids is 4. The first-order valence-corrected chi connectivity index (χ1v) is 14.1. The van der Waals surface area contributed by atoms with E-state index >= 15 is 0 Å². The highest BCUT2D eigenvalue weighted by molar-refractivity contribution is 6.53. The lowest BCUT2D eigenvalue weighted by molar-refractivity contribution is -0.384. The van der Waals surface area contributed by atoms with Crippen LogP contribution in [-0.2, 0) is 19.2 Å². The van der Waals surface area contributed by atoms with E-state index in [1.807, 2.05) is 0 Å². The average Bonchev–Trinajstić information content (AvgIpc) is 3.31. The second-order valence-electron chi connectivity index (χ2n) is 10.9. The van der Waals surface area contributed by atoms with Crippen molar-refractivity contribution in [3.8, 4) is 5.75 Å². The Morgan fingerprint density at radius 1 is 1.05 bits per heavy atom. The van der Waals surface area contributed by atoms with Crippen molar-refractivity contribution in [1.82, 2.24) is 4.90 Å². The Balaban J connectivity index is 1.50. The van der Waals surface area contributed by atoms with E-state index in [4.69, 9.17) is 27.9 Å². The molecule has 4 aliphatic rings. The molecule has 1 N–H and O–H groups in total. The second kappa shape index (κ2) is 9.89. The van der Waals surface area contributed by atoms with Gasteiger partial charge in [0.2, 0.25) is 11.8 Å². The van der Waals surface area contributed by atoms with Crippen molar-refractivity contribution in [2.75, 3.05) is 25.2 Å². The molecular formula is C29H25Cl2N3O8. The van der Waals surface area contributed by atoms with E-state index in [1.165, 1.54) is 31.3 Å². The summed E-state index contributed by atoms with van der Waals surface area (Å²) in [7, 11) is 1.30. The van der Waals surface area contributed by atoms with Gasteiger partial charge in [0.1, 0.15) is 12.4 Å². The number of halogens is 2. The summed E-state index contributed by atoms with van der Waals surface area (Å²) < 4.78 is 5.79. The van der Waals surface area contributed by atoms with Crippen LogP contribution in [-0.4, -0.2) is 68.6 Å². The number of amides is 4. The molecule has 3 fully saturated rings. The number of aliphatic hydroxyl groups excluding tert-OH is 1. The average molecular weight is 614 g/mol. The first-order chi connectivity index (χ1) is 20.0. The topological polar surface area (TPSA) is 147 Å². The summed E-state index contributed by atoms with van der Waals surface area (Å²) in [6, 6.07) is 12.0. The SMILES string of the molecule is CN1C(=O)[C@]2(Cl)C[C@@H]3C(=CC[C@@H]4C(=O)N(c5cccc([N+](=O)[O-])c5)C(=O)[C@@H]43)[C@H](c3ccccc3OCCO)[C@]2(Cl)C1=O. The zero-order valence-electron chi connectivity index (χ0n) is 22.2. The minimum Gasteiger partial charge on any atom is -0.491 e. The maximum Gasteiger partial charge on any atom is 0.271 e. The molecule has 4 amide bonds. The normalized spacial score (nSPS) is 32.0. The van der Waals surface area contributed by atoms with Gasteiger partial charge < -0.3 is 9.84 Å². The summed E-state index contributed by atoms with van der Waals surface area (Å²) in [4.78, 5) is 63.7. The molecule has 6 rings (SSSR count). The van der Waals surface area contributed by atoms with E-state index in [0.29, 0.717) is 16.9 Å². The summed E-state index contributed by atoms with van der Waals surface area (Å²) in [6.45, 7) is -0.320. The number of nitrogens with zero attached hydrogens (tertiary/aromatic N) is 3. The van der Waals surface area contributed by atoms with Crippen LogP contribution in [0.2, 0.25) is 0 Å². The number of aliphatic hydroxyl groups is 1. The first kappa shape index (κ1) is 28.3. The van der Waals surface area contributed by atoms with Crippen LogP contribution in [0, 0.1) is 27.9 Å². The zero-order chi connectivity index (χ0) is 30.1. The molecule has 13 heteroatoms. The van der Waals surface area contributed by atoms with Gasteiger partial charge in [-0.3, -0.25) is 34.2 Å². The van der Waals surface area contributed by atoms with Crippen molar-refractivity contribution in [3.63, 3.8) is 0 Å². The fraction of sp³-hybridized carbons (Fsp3) is 0.379. The van der Waals surface area contributed by atoms with Crippen LogP contribution in [0.3, 0.4) is 0 Å². The van der Waals surface area contributed by atoms with Gasteiger partial charge in [0, 0.05) is 30.7 Å². The fourth-order valence-electron chi connectivity index (χ4n) is 7.10. The van der Waals surface area contributed by atoms with Crippen LogP contribution >= 0.6 is 23.2 Å². The maximum absolute atomic E-state index is 14.0. The molecular weight excluding hydrogens is 589 g/mol. The molecule has 42 heavy (non-hydrogen) atoms. The van der Waals surface area contributed by atoms with Gasteiger partial charge in [0.05, 0.1) is 29.1 Å². The molecule has 0 spiro atoms. The van der Waals surface area contributed by atoms with Gasteiger partial charge in [-0.25, -0.2) is 4.90 Å². The number of benzene rings is 2. The lowest BCUT2D eigenvalue weighted by Gasteiger charge is -2.51. The van der Waals surface area contributed by atoms with Crippen molar-refractivity contribution in [2.24, 2.45) is 17.8 Å².